The van der Waals surface area contributed by atoms with E-state index in [0.29, 0.717) is 43.3 Å². The highest BCUT2D eigenvalue weighted by Gasteiger charge is 2.72. The summed E-state index contributed by atoms with van der Waals surface area (Å²) in [5.41, 5.74) is 0.358. The Morgan fingerprint density at radius 2 is 0.935 bits per heavy atom. The lowest BCUT2D eigenvalue weighted by atomic mass is 9.81. The van der Waals surface area contributed by atoms with E-state index in [1.807, 2.05) is 48.5 Å². The highest BCUT2D eigenvalue weighted by molar-refractivity contribution is 6.05. The van der Waals surface area contributed by atoms with Gasteiger partial charge < -0.3 is 20.5 Å². The maximum absolute atomic E-state index is 14.5. The van der Waals surface area contributed by atoms with Gasteiger partial charge in [0.2, 0.25) is 23.2 Å². The van der Waals surface area contributed by atoms with Gasteiger partial charge in [0.1, 0.15) is 25.0 Å². The Morgan fingerprint density at radius 1 is 0.543 bits per heavy atom. The summed E-state index contributed by atoms with van der Waals surface area (Å²) in [6, 6.07) is 26.3. The summed E-state index contributed by atoms with van der Waals surface area (Å²) in [4.78, 5) is 23.0. The molecule has 0 radical (unpaired) electrons. The molecule has 0 amide bonds. The Morgan fingerprint density at radius 3 is 1.35 bits per heavy atom. The minimum atomic E-state index is -1.63. The van der Waals surface area contributed by atoms with E-state index >= 15 is 0 Å². The number of anilines is 2. The van der Waals surface area contributed by atoms with Crippen LogP contribution < -0.4 is 10.1 Å². The average Bonchev–Trinajstić information content (AvgIpc) is 3.79. The van der Waals surface area contributed by atoms with Crippen LogP contribution in [0.5, 0.6) is 0 Å². The van der Waals surface area contributed by atoms with Crippen LogP contribution in [0.4, 0.5) is 20.7 Å². The van der Waals surface area contributed by atoms with E-state index in [0.717, 1.165) is 0 Å². The van der Waals surface area contributed by atoms with Gasteiger partial charge in [-0.2, -0.15) is 0 Å². The Kier molecular flexibility index (Phi) is 4.67. The molecule has 0 spiro atoms. The SMILES string of the molecule is [O-]N1C2=NC3(c4ccc(F)cc4)N4Cn5c(nc6ccccc65)N([O-])C4=NC3(c3ccc(F)cc3)N2Cn2c1nc1ccccc12. The van der Waals surface area contributed by atoms with Crippen molar-refractivity contribution in [3.8, 4) is 0 Å². The van der Waals surface area contributed by atoms with E-state index < -0.39 is 23.0 Å². The highest BCUT2D eigenvalue weighted by Crippen LogP contribution is 2.61. The molecule has 2 atom stereocenters. The Hall–Kier alpha value is -5.86. The number of hydrogen-bond donors (Lipinski definition) is 0. The zero-order chi connectivity index (χ0) is 30.9. The molecule has 0 bridgehead atoms. The number of hydrogen-bond acceptors (Lipinski definition) is 10. The van der Waals surface area contributed by atoms with E-state index in [9.17, 15) is 19.2 Å². The number of imidazole rings is 2. The van der Waals surface area contributed by atoms with Crippen LogP contribution in [0.1, 0.15) is 11.1 Å². The van der Waals surface area contributed by atoms with Crippen LogP contribution in [-0.2, 0) is 24.7 Å². The predicted molar refractivity (Wildman–Crippen MR) is 166 cm³/mol. The summed E-state index contributed by atoms with van der Waals surface area (Å²) in [6.45, 7) is 0.148. The third-order valence-electron chi connectivity index (χ3n) is 9.33. The van der Waals surface area contributed by atoms with Gasteiger partial charge in [-0.1, -0.05) is 48.5 Å². The van der Waals surface area contributed by atoms with Gasteiger partial charge >= 0.3 is 0 Å². The normalized spacial score (nSPS) is 22.9. The number of hydroxylamine groups is 2. The van der Waals surface area contributed by atoms with Crippen LogP contribution in [0, 0.1) is 22.0 Å². The van der Waals surface area contributed by atoms with Crippen molar-refractivity contribution >= 4 is 45.9 Å². The molecular weight excluding hydrogens is 594 g/mol. The quantitative estimate of drug-likeness (QED) is 0.269. The first-order valence-corrected chi connectivity index (χ1v) is 14.5. The van der Waals surface area contributed by atoms with Gasteiger partial charge in [-0.05, 0) is 48.5 Å². The Bertz CT molecular complexity index is 2150. The summed E-state index contributed by atoms with van der Waals surface area (Å²) in [6.07, 6.45) is 0. The molecule has 12 nitrogen and oxygen atoms in total. The lowest BCUT2D eigenvalue weighted by Crippen LogP contribution is -2.61. The van der Waals surface area contributed by atoms with Crippen LogP contribution in [0.15, 0.2) is 107 Å². The van der Waals surface area contributed by atoms with E-state index in [-0.39, 0.29) is 37.2 Å². The fourth-order valence-corrected chi connectivity index (χ4v) is 7.38. The summed E-state index contributed by atoms with van der Waals surface area (Å²) < 4.78 is 32.5. The molecule has 14 heteroatoms. The van der Waals surface area contributed by atoms with Crippen molar-refractivity contribution in [2.45, 2.75) is 24.7 Å². The van der Waals surface area contributed by atoms with Crippen molar-refractivity contribution in [3.63, 3.8) is 0 Å². The zero-order valence-electron chi connectivity index (χ0n) is 23.7. The lowest BCUT2D eigenvalue weighted by molar-refractivity contribution is 0.00954. The van der Waals surface area contributed by atoms with Crippen LogP contribution in [0.2, 0.25) is 0 Å². The van der Waals surface area contributed by atoms with Gasteiger partial charge in [0, 0.05) is 11.1 Å². The van der Waals surface area contributed by atoms with Crippen molar-refractivity contribution in [2.75, 3.05) is 10.1 Å². The van der Waals surface area contributed by atoms with Gasteiger partial charge in [-0.3, -0.25) is 18.9 Å². The van der Waals surface area contributed by atoms with Crippen molar-refractivity contribution < 1.29 is 8.78 Å². The molecule has 46 heavy (non-hydrogen) atoms. The van der Waals surface area contributed by atoms with E-state index in [1.165, 1.54) is 24.3 Å². The zero-order valence-corrected chi connectivity index (χ0v) is 23.7. The molecule has 2 aromatic heterocycles. The number of fused-ring (bicyclic) bond motifs is 11. The summed E-state index contributed by atoms with van der Waals surface area (Å²) in [7, 11) is 0. The molecule has 0 N–H and O–H groups in total. The lowest BCUT2D eigenvalue weighted by Gasteiger charge is -2.49. The maximum Gasteiger partial charge on any atom is 0.214 e. The standard InChI is InChI=1S/C32H20F2N10O2/c33-21-13-9-19(10-14-21)31-32(20-11-15-22(34)16-12-20,37-29-41(31)17-39-25-7-3-1-5-23(25)35-27(39)43(29)45)42-18-40-26-8-4-2-6-24(26)36-28(40)44(46)30(42)38-31/h1-16H,17-18H2/q-2. The predicted octanol–water partition coefficient (Wildman–Crippen LogP) is 4.96. The van der Waals surface area contributed by atoms with Crippen LogP contribution in [0.25, 0.3) is 22.1 Å². The minimum absolute atomic E-state index is 0.00186. The third kappa shape index (κ3) is 2.88. The molecule has 2 unspecified atom stereocenters. The number of aromatic nitrogens is 4. The molecule has 226 valence electrons. The van der Waals surface area contributed by atoms with E-state index in [2.05, 4.69) is 9.97 Å². The first kappa shape index (κ1) is 25.5. The fourth-order valence-electron chi connectivity index (χ4n) is 7.38. The van der Waals surface area contributed by atoms with Gasteiger partial charge in [0.05, 0.1) is 22.1 Å². The highest BCUT2D eigenvalue weighted by atomic mass is 19.1. The van der Waals surface area contributed by atoms with Crippen LogP contribution in [0.3, 0.4) is 0 Å². The van der Waals surface area contributed by atoms with Gasteiger partial charge in [0.15, 0.2) is 11.9 Å². The molecule has 4 aliphatic rings. The van der Waals surface area contributed by atoms with Crippen LogP contribution in [-0.4, -0.2) is 40.8 Å². The number of guanidine groups is 2. The first-order valence-electron chi connectivity index (χ1n) is 14.5. The van der Waals surface area contributed by atoms with E-state index in [4.69, 9.17) is 9.98 Å². The molecule has 0 saturated heterocycles. The molecule has 4 aromatic carbocycles. The largest absolute Gasteiger partial charge is 0.749 e. The molecule has 0 saturated carbocycles. The molecular formula is C32H20F2N10O2-2. The molecule has 4 aliphatic heterocycles. The molecule has 6 heterocycles. The Labute approximate surface area is 258 Å². The monoisotopic (exact) mass is 614 g/mol. The van der Waals surface area contributed by atoms with Gasteiger partial charge in [-0.15, -0.1) is 0 Å². The van der Waals surface area contributed by atoms with Gasteiger partial charge in [0.25, 0.3) is 0 Å². The molecule has 0 fully saturated rings. The average molecular weight is 615 g/mol. The molecule has 10 rings (SSSR count). The second kappa shape index (κ2) is 8.44. The minimum Gasteiger partial charge on any atom is -0.749 e. The number of nitrogens with zero attached hydrogens (tertiary/aromatic N) is 10. The third-order valence-corrected chi connectivity index (χ3v) is 9.33. The topological polar surface area (TPSA) is 119 Å². The van der Waals surface area contributed by atoms with Crippen molar-refractivity contribution in [1.82, 2.24) is 28.9 Å². The van der Waals surface area contributed by atoms with Crippen molar-refractivity contribution in [2.24, 2.45) is 9.98 Å². The summed E-state index contributed by atoms with van der Waals surface area (Å²) in [5, 5.41) is 29.9. The van der Waals surface area contributed by atoms with Crippen molar-refractivity contribution in [1.29, 1.82) is 0 Å². The summed E-state index contributed by atoms with van der Waals surface area (Å²) in [5.74, 6) is -0.680. The molecule has 0 aliphatic carbocycles. The number of halogens is 2. The number of benzene rings is 4. The summed E-state index contributed by atoms with van der Waals surface area (Å²) >= 11 is 0. The number of para-hydroxylation sites is 4. The van der Waals surface area contributed by atoms with Crippen molar-refractivity contribution in [3.05, 3.63) is 130 Å². The second-order valence-electron chi connectivity index (χ2n) is 11.6. The molecule has 6 aromatic rings. The van der Waals surface area contributed by atoms with Gasteiger partial charge in [-0.25, -0.2) is 28.7 Å². The van der Waals surface area contributed by atoms with E-state index in [1.54, 1.807) is 43.2 Å². The maximum atomic E-state index is 14.5. The second-order valence-corrected chi connectivity index (χ2v) is 11.6. The number of rotatable bonds is 2. The van der Waals surface area contributed by atoms with Crippen LogP contribution >= 0.6 is 0 Å². The number of aliphatic imine (C=N–C) groups is 2. The Balaban J connectivity index is 1.30. The fraction of sp³-hybridized carbons (Fsp3) is 0.125. The first-order chi connectivity index (χ1) is 22.4. The smallest absolute Gasteiger partial charge is 0.214 e.